The minimum absolute atomic E-state index is 0.0555. The second-order valence-corrected chi connectivity index (χ2v) is 10.00. The number of amides is 1. The van der Waals surface area contributed by atoms with E-state index < -0.39 is 0 Å². The van der Waals surface area contributed by atoms with Crippen LogP contribution in [0, 0.1) is 24.6 Å². The highest BCUT2D eigenvalue weighted by Gasteiger charge is 2.26. The average Bonchev–Trinajstić information content (AvgIpc) is 3.17. The minimum atomic E-state index is -0.324. The normalized spacial score (nSPS) is 19.4. The van der Waals surface area contributed by atoms with Crippen LogP contribution < -0.4 is 5.56 Å². The molecule has 0 spiro atoms. The molecule has 30 heavy (non-hydrogen) atoms. The minimum Gasteiger partial charge on any atom is -0.341 e. The molecule has 3 aromatic rings. The first-order valence-corrected chi connectivity index (χ1v) is 11.9. The Morgan fingerprint density at radius 2 is 2.00 bits per heavy atom. The van der Waals surface area contributed by atoms with E-state index in [0.717, 1.165) is 19.5 Å². The van der Waals surface area contributed by atoms with Crippen LogP contribution in [0.15, 0.2) is 39.6 Å². The molecule has 1 amide bonds. The van der Waals surface area contributed by atoms with Gasteiger partial charge in [0.05, 0.1) is 17.0 Å². The summed E-state index contributed by atoms with van der Waals surface area (Å²) in [5.74, 6) is 0.920. The number of aryl methyl sites for hydroxylation is 1. The number of thioether (sulfide) groups is 1. The highest BCUT2D eigenvalue weighted by molar-refractivity contribution is 7.99. The Morgan fingerprint density at radius 3 is 2.70 bits per heavy atom. The quantitative estimate of drug-likeness (QED) is 0.439. The zero-order chi connectivity index (χ0) is 21.4. The Hall–Kier alpha value is -2.19. The monoisotopic (exact) mass is 445 g/mol. The van der Waals surface area contributed by atoms with Crippen LogP contribution in [0.3, 0.4) is 0 Å². The van der Waals surface area contributed by atoms with Crippen LogP contribution in [0.4, 0.5) is 4.39 Å². The second kappa shape index (κ2) is 8.51. The van der Waals surface area contributed by atoms with Crippen molar-refractivity contribution < 1.29 is 9.18 Å². The lowest BCUT2D eigenvalue weighted by atomic mass is 9.92. The molecule has 1 fully saturated rings. The number of nitrogens with zero attached hydrogens (tertiary/aromatic N) is 3. The zero-order valence-electron chi connectivity index (χ0n) is 17.2. The van der Waals surface area contributed by atoms with E-state index in [9.17, 15) is 14.0 Å². The molecule has 1 aromatic carbocycles. The van der Waals surface area contributed by atoms with Gasteiger partial charge in [0.25, 0.3) is 5.56 Å². The SMILES string of the molecule is Cc1cc(-n2c(SCC(=O)N3CC(C)CC(C)C3)nc3ccsc3c2=O)ccc1F. The van der Waals surface area contributed by atoms with E-state index in [-0.39, 0.29) is 23.0 Å². The number of carbonyl (C=O) groups is 1. The maximum absolute atomic E-state index is 13.8. The first kappa shape index (κ1) is 21.1. The van der Waals surface area contributed by atoms with Gasteiger partial charge in [0.2, 0.25) is 5.91 Å². The molecule has 4 rings (SSSR count). The Kier molecular flexibility index (Phi) is 5.97. The van der Waals surface area contributed by atoms with Crippen LogP contribution >= 0.6 is 23.1 Å². The number of hydrogen-bond donors (Lipinski definition) is 0. The number of likely N-dealkylation sites (tertiary alicyclic amines) is 1. The predicted octanol–water partition coefficient (Wildman–Crippen LogP) is 4.49. The van der Waals surface area contributed by atoms with Crippen molar-refractivity contribution in [2.75, 3.05) is 18.8 Å². The Bertz CT molecular complexity index is 1150. The molecule has 0 bridgehead atoms. The van der Waals surface area contributed by atoms with E-state index in [0.29, 0.717) is 38.5 Å². The molecule has 0 aliphatic carbocycles. The fraction of sp³-hybridized carbons (Fsp3) is 0.409. The van der Waals surface area contributed by atoms with Gasteiger partial charge in [-0.25, -0.2) is 9.37 Å². The molecule has 2 unspecified atom stereocenters. The number of piperidine rings is 1. The topological polar surface area (TPSA) is 55.2 Å². The smallest absolute Gasteiger partial charge is 0.276 e. The predicted molar refractivity (Wildman–Crippen MR) is 120 cm³/mol. The van der Waals surface area contributed by atoms with Gasteiger partial charge in [0.1, 0.15) is 10.5 Å². The van der Waals surface area contributed by atoms with Gasteiger partial charge in [0, 0.05) is 13.1 Å². The van der Waals surface area contributed by atoms with E-state index >= 15 is 0 Å². The maximum Gasteiger partial charge on any atom is 0.276 e. The summed E-state index contributed by atoms with van der Waals surface area (Å²) in [7, 11) is 0. The van der Waals surface area contributed by atoms with Crippen LogP contribution in [0.5, 0.6) is 0 Å². The molecule has 8 heteroatoms. The van der Waals surface area contributed by atoms with Crippen molar-refractivity contribution in [3.63, 3.8) is 0 Å². The summed E-state index contributed by atoms with van der Waals surface area (Å²) < 4.78 is 15.8. The third-order valence-electron chi connectivity index (χ3n) is 5.40. The molecule has 158 valence electrons. The molecule has 1 aliphatic heterocycles. The first-order chi connectivity index (χ1) is 14.3. The fourth-order valence-electron chi connectivity index (χ4n) is 4.07. The number of rotatable bonds is 4. The fourth-order valence-corrected chi connectivity index (χ4v) is 5.74. The first-order valence-electron chi connectivity index (χ1n) is 10.0. The zero-order valence-corrected chi connectivity index (χ0v) is 18.9. The Balaban J connectivity index is 1.67. The van der Waals surface area contributed by atoms with Gasteiger partial charge in [-0.15, -0.1) is 11.3 Å². The number of benzene rings is 1. The van der Waals surface area contributed by atoms with E-state index in [1.807, 2.05) is 16.3 Å². The van der Waals surface area contributed by atoms with Crippen LogP contribution in [0.1, 0.15) is 25.8 Å². The van der Waals surface area contributed by atoms with E-state index in [1.54, 1.807) is 19.1 Å². The largest absolute Gasteiger partial charge is 0.341 e. The van der Waals surface area contributed by atoms with E-state index in [4.69, 9.17) is 0 Å². The van der Waals surface area contributed by atoms with E-state index in [1.165, 1.54) is 33.7 Å². The van der Waals surface area contributed by atoms with Gasteiger partial charge in [0.15, 0.2) is 5.16 Å². The second-order valence-electron chi connectivity index (χ2n) is 8.14. The molecule has 1 saturated heterocycles. The van der Waals surface area contributed by atoms with Crippen molar-refractivity contribution in [3.05, 3.63) is 51.4 Å². The summed E-state index contributed by atoms with van der Waals surface area (Å²) in [6, 6.07) is 6.37. The number of thiophene rings is 1. The molecule has 3 heterocycles. The van der Waals surface area contributed by atoms with Gasteiger partial charge in [-0.05, 0) is 60.4 Å². The number of fused-ring (bicyclic) bond motifs is 1. The molecule has 0 saturated carbocycles. The number of aromatic nitrogens is 2. The van der Waals surface area contributed by atoms with Gasteiger partial charge >= 0.3 is 0 Å². The van der Waals surface area contributed by atoms with Crippen LogP contribution in [-0.2, 0) is 4.79 Å². The summed E-state index contributed by atoms with van der Waals surface area (Å²) in [5, 5.41) is 2.28. The van der Waals surface area contributed by atoms with Crippen molar-refractivity contribution in [2.24, 2.45) is 11.8 Å². The average molecular weight is 446 g/mol. The van der Waals surface area contributed by atoms with Crippen molar-refractivity contribution >= 4 is 39.2 Å². The third-order valence-corrected chi connectivity index (χ3v) is 7.21. The lowest BCUT2D eigenvalue weighted by Crippen LogP contribution is -2.43. The number of hydrogen-bond acceptors (Lipinski definition) is 5. The van der Waals surface area contributed by atoms with Crippen LogP contribution in [0.25, 0.3) is 15.9 Å². The Morgan fingerprint density at radius 1 is 1.27 bits per heavy atom. The molecule has 0 radical (unpaired) electrons. The highest BCUT2D eigenvalue weighted by atomic mass is 32.2. The van der Waals surface area contributed by atoms with Gasteiger partial charge in [-0.2, -0.15) is 0 Å². The van der Waals surface area contributed by atoms with Crippen LogP contribution in [-0.4, -0.2) is 39.2 Å². The van der Waals surface area contributed by atoms with Crippen LogP contribution in [0.2, 0.25) is 0 Å². The van der Waals surface area contributed by atoms with Gasteiger partial charge in [-0.1, -0.05) is 25.6 Å². The number of carbonyl (C=O) groups excluding carboxylic acids is 1. The van der Waals surface area contributed by atoms with Gasteiger partial charge in [-0.3, -0.25) is 14.2 Å². The Labute approximate surface area is 182 Å². The summed E-state index contributed by atoms with van der Waals surface area (Å²) in [5.41, 5.74) is 1.43. The molecule has 5 nitrogen and oxygen atoms in total. The standard InChI is InChI=1S/C22H24FN3O2S2/c1-13-8-14(2)11-25(10-13)19(27)12-30-22-24-18-6-7-29-20(18)21(28)26(22)16-4-5-17(23)15(3)9-16/h4-7,9,13-14H,8,10-12H2,1-3H3. The van der Waals surface area contributed by atoms with Crippen molar-refractivity contribution in [1.82, 2.24) is 14.5 Å². The third kappa shape index (κ3) is 4.16. The van der Waals surface area contributed by atoms with Crippen molar-refractivity contribution in [2.45, 2.75) is 32.3 Å². The molecule has 0 N–H and O–H groups in total. The molecular weight excluding hydrogens is 421 g/mol. The van der Waals surface area contributed by atoms with Gasteiger partial charge < -0.3 is 4.90 Å². The molecule has 2 atom stereocenters. The summed E-state index contributed by atoms with van der Waals surface area (Å²) in [4.78, 5) is 32.6. The summed E-state index contributed by atoms with van der Waals surface area (Å²) in [6.45, 7) is 7.54. The van der Waals surface area contributed by atoms with Crippen molar-refractivity contribution in [1.29, 1.82) is 0 Å². The lowest BCUT2D eigenvalue weighted by Gasteiger charge is -2.35. The summed E-state index contributed by atoms with van der Waals surface area (Å²) >= 11 is 2.59. The summed E-state index contributed by atoms with van der Waals surface area (Å²) in [6.07, 6.45) is 1.14. The van der Waals surface area contributed by atoms with Crippen molar-refractivity contribution in [3.8, 4) is 5.69 Å². The maximum atomic E-state index is 13.8. The molecule has 1 aliphatic rings. The van der Waals surface area contributed by atoms with E-state index in [2.05, 4.69) is 18.8 Å². The lowest BCUT2D eigenvalue weighted by molar-refractivity contribution is -0.130. The highest BCUT2D eigenvalue weighted by Crippen LogP contribution is 2.26. The molecule has 2 aromatic heterocycles. The molecular formula is C22H24FN3O2S2. The number of halogens is 1.